The highest BCUT2D eigenvalue weighted by Crippen LogP contribution is 2.50. The van der Waals surface area contributed by atoms with Crippen LogP contribution in [0.15, 0.2) is 57.5 Å². The second kappa shape index (κ2) is 11.8. The van der Waals surface area contributed by atoms with Crippen LogP contribution in [-0.4, -0.2) is 38.1 Å². The monoisotopic (exact) mass is 633 g/mol. The van der Waals surface area contributed by atoms with E-state index in [0.717, 1.165) is 11.3 Å². The third kappa shape index (κ3) is 5.92. The van der Waals surface area contributed by atoms with Gasteiger partial charge in [-0.2, -0.15) is 5.26 Å². The number of benzene rings is 2. The number of halogens is 3. The van der Waals surface area contributed by atoms with Crippen molar-refractivity contribution in [2.24, 2.45) is 11.1 Å². The Hall–Kier alpha value is -2.70. The number of nitriles is 1. The SMILES string of the molecule is COCCN1C(N)=C(C#N)[C@@H](c2cc(Br)c(OCc3ccc(Cl)c(Cl)c3)c(OC)c2)C2=C1CC(C)(C)CC2=O. The molecule has 0 spiro atoms. The lowest BCUT2D eigenvalue weighted by molar-refractivity contribution is -0.118. The van der Waals surface area contributed by atoms with Crippen LogP contribution in [0.4, 0.5) is 0 Å². The van der Waals surface area contributed by atoms with E-state index in [9.17, 15) is 10.1 Å². The maximum absolute atomic E-state index is 13.7. The summed E-state index contributed by atoms with van der Waals surface area (Å²) in [5.41, 5.74) is 9.65. The molecule has 4 rings (SSSR count). The fourth-order valence-corrected chi connectivity index (χ4v) is 6.07. The average Bonchev–Trinajstić information content (AvgIpc) is 2.87. The van der Waals surface area contributed by atoms with Crippen LogP contribution in [0, 0.1) is 16.7 Å². The van der Waals surface area contributed by atoms with Crippen molar-refractivity contribution >= 4 is 44.9 Å². The lowest BCUT2D eigenvalue weighted by Gasteiger charge is -2.43. The van der Waals surface area contributed by atoms with Crippen molar-refractivity contribution in [2.75, 3.05) is 27.4 Å². The van der Waals surface area contributed by atoms with Gasteiger partial charge in [-0.1, -0.05) is 43.1 Å². The van der Waals surface area contributed by atoms with Crippen LogP contribution >= 0.6 is 39.1 Å². The van der Waals surface area contributed by atoms with E-state index in [2.05, 4.69) is 35.8 Å². The van der Waals surface area contributed by atoms with Gasteiger partial charge in [-0.3, -0.25) is 4.79 Å². The second-order valence-corrected chi connectivity index (χ2v) is 12.0. The summed E-state index contributed by atoms with van der Waals surface area (Å²) in [7, 11) is 3.15. The van der Waals surface area contributed by atoms with E-state index < -0.39 is 5.92 Å². The van der Waals surface area contributed by atoms with Crippen LogP contribution in [0.25, 0.3) is 0 Å². The smallest absolute Gasteiger partial charge is 0.175 e. The summed E-state index contributed by atoms with van der Waals surface area (Å²) in [5, 5.41) is 11.2. The molecular formula is C29H30BrCl2N3O4. The summed E-state index contributed by atoms with van der Waals surface area (Å²) < 4.78 is 17.7. The molecule has 39 heavy (non-hydrogen) atoms. The number of hydrogen-bond acceptors (Lipinski definition) is 7. The van der Waals surface area contributed by atoms with Crippen LogP contribution in [0.3, 0.4) is 0 Å². The Morgan fingerprint density at radius 3 is 2.56 bits per heavy atom. The summed E-state index contributed by atoms with van der Waals surface area (Å²) in [4.78, 5) is 15.5. The molecule has 1 atom stereocenters. The van der Waals surface area contributed by atoms with Gasteiger partial charge in [-0.25, -0.2) is 0 Å². The first-order chi connectivity index (χ1) is 18.5. The molecule has 0 saturated carbocycles. The van der Waals surface area contributed by atoms with Crippen molar-refractivity contribution in [3.63, 3.8) is 0 Å². The Morgan fingerprint density at radius 2 is 1.92 bits per heavy atom. The van der Waals surface area contributed by atoms with Crippen molar-refractivity contribution in [3.05, 3.63) is 78.6 Å². The first-order valence-electron chi connectivity index (χ1n) is 12.4. The number of ether oxygens (including phenoxy) is 3. The number of carbonyl (C=O) groups is 1. The maximum Gasteiger partial charge on any atom is 0.175 e. The largest absolute Gasteiger partial charge is 0.493 e. The summed E-state index contributed by atoms with van der Waals surface area (Å²) >= 11 is 15.8. The zero-order valence-electron chi connectivity index (χ0n) is 22.2. The second-order valence-electron chi connectivity index (χ2n) is 10.4. The molecule has 0 radical (unpaired) electrons. The Balaban J connectivity index is 1.79. The van der Waals surface area contributed by atoms with Gasteiger partial charge >= 0.3 is 0 Å². The van der Waals surface area contributed by atoms with E-state index in [0.29, 0.717) is 74.5 Å². The first-order valence-corrected chi connectivity index (χ1v) is 13.9. The third-order valence-corrected chi connectivity index (χ3v) is 8.29. The highest BCUT2D eigenvalue weighted by molar-refractivity contribution is 9.10. The first kappa shape index (κ1) is 29.3. The number of Topliss-reactive ketones (excluding diaryl/α,β-unsaturated/α-hetero) is 1. The molecule has 2 aliphatic rings. The molecule has 1 aliphatic carbocycles. The van der Waals surface area contributed by atoms with Crippen molar-refractivity contribution in [3.8, 4) is 17.6 Å². The van der Waals surface area contributed by atoms with Gasteiger partial charge in [0.2, 0.25) is 0 Å². The van der Waals surface area contributed by atoms with E-state index >= 15 is 0 Å². The molecular weight excluding hydrogens is 605 g/mol. The molecule has 0 bridgehead atoms. The van der Waals surface area contributed by atoms with Gasteiger partial charge in [0.15, 0.2) is 17.3 Å². The fraction of sp³-hybridized carbons (Fsp3) is 0.379. The van der Waals surface area contributed by atoms with E-state index in [1.807, 2.05) is 17.0 Å². The summed E-state index contributed by atoms with van der Waals surface area (Å²) in [5.74, 6) is 0.623. The van der Waals surface area contributed by atoms with Gasteiger partial charge < -0.3 is 24.8 Å². The van der Waals surface area contributed by atoms with Gasteiger partial charge in [0.25, 0.3) is 0 Å². The minimum Gasteiger partial charge on any atom is -0.493 e. The zero-order valence-corrected chi connectivity index (χ0v) is 25.3. The summed E-state index contributed by atoms with van der Waals surface area (Å²) in [6, 6.07) is 11.2. The Labute approximate surface area is 247 Å². The quantitative estimate of drug-likeness (QED) is 0.344. The molecule has 7 nitrogen and oxygen atoms in total. The molecule has 206 valence electrons. The Morgan fingerprint density at radius 1 is 1.18 bits per heavy atom. The molecule has 2 aromatic carbocycles. The van der Waals surface area contributed by atoms with Crippen molar-refractivity contribution in [1.29, 1.82) is 5.26 Å². The van der Waals surface area contributed by atoms with Crippen molar-refractivity contribution in [1.82, 2.24) is 4.90 Å². The van der Waals surface area contributed by atoms with Gasteiger partial charge in [-0.05, 0) is 63.2 Å². The van der Waals surface area contributed by atoms with Crippen LogP contribution in [-0.2, 0) is 16.1 Å². The molecule has 2 aromatic rings. The molecule has 0 saturated heterocycles. The summed E-state index contributed by atoms with van der Waals surface area (Å²) in [6.07, 6.45) is 1.03. The number of ketones is 1. The maximum atomic E-state index is 13.7. The molecule has 0 fully saturated rings. The fourth-order valence-electron chi connectivity index (χ4n) is 5.18. The van der Waals surface area contributed by atoms with Gasteiger partial charge in [-0.15, -0.1) is 0 Å². The number of carbonyl (C=O) groups excluding carboxylic acids is 1. The highest BCUT2D eigenvalue weighted by atomic mass is 79.9. The van der Waals surface area contributed by atoms with E-state index in [1.165, 1.54) is 0 Å². The van der Waals surface area contributed by atoms with Gasteiger partial charge in [0.05, 0.1) is 45.8 Å². The lowest BCUT2D eigenvalue weighted by Crippen LogP contribution is -2.43. The van der Waals surface area contributed by atoms with Crippen LogP contribution in [0.2, 0.25) is 10.0 Å². The molecule has 1 heterocycles. The standard InChI is InChI=1S/C29H30BrCl2N3O4/c1-29(2)12-22-26(23(36)13-29)25(18(14-33)28(34)35(22)7-8-37-3)17-10-19(30)27(24(11-17)38-4)39-15-16-5-6-20(31)21(32)9-16/h5-6,9-11,25H,7-8,12-13,15,34H2,1-4H3/t25-/m1/s1. The molecule has 0 aromatic heterocycles. The summed E-state index contributed by atoms with van der Waals surface area (Å²) in [6.45, 7) is 5.20. The topological polar surface area (TPSA) is 97.8 Å². The average molecular weight is 635 g/mol. The molecule has 0 amide bonds. The number of allylic oxidation sites excluding steroid dienone is 3. The lowest BCUT2D eigenvalue weighted by atomic mass is 9.68. The van der Waals surface area contributed by atoms with Crippen molar-refractivity contribution < 1.29 is 19.0 Å². The van der Waals surface area contributed by atoms with Crippen LogP contribution in [0.1, 0.15) is 43.7 Å². The number of methoxy groups -OCH3 is 2. The number of nitrogens with zero attached hydrogens (tertiary/aromatic N) is 2. The third-order valence-electron chi connectivity index (χ3n) is 6.96. The van der Waals surface area contributed by atoms with Gasteiger partial charge in [0.1, 0.15) is 12.4 Å². The number of rotatable bonds is 8. The predicted octanol–water partition coefficient (Wildman–Crippen LogP) is 6.73. The molecule has 0 unspecified atom stereocenters. The molecule has 10 heteroatoms. The van der Waals surface area contributed by atoms with E-state index in [1.54, 1.807) is 32.4 Å². The minimum absolute atomic E-state index is 0.00366. The predicted molar refractivity (Wildman–Crippen MR) is 155 cm³/mol. The van der Waals surface area contributed by atoms with E-state index in [-0.39, 0.29) is 17.8 Å². The van der Waals surface area contributed by atoms with Crippen molar-refractivity contribution in [2.45, 2.75) is 39.2 Å². The Bertz CT molecular complexity index is 1410. The highest BCUT2D eigenvalue weighted by Gasteiger charge is 2.44. The normalized spacial score (nSPS) is 18.7. The van der Waals surface area contributed by atoms with Crippen LogP contribution in [0.5, 0.6) is 11.5 Å². The molecule has 2 N–H and O–H groups in total. The van der Waals surface area contributed by atoms with Gasteiger partial charge in [0, 0.05) is 31.3 Å². The minimum atomic E-state index is -0.637. The zero-order chi connectivity index (χ0) is 28.5. The number of hydrogen-bond donors (Lipinski definition) is 1. The Kier molecular flexibility index (Phi) is 8.87. The van der Waals surface area contributed by atoms with Crippen LogP contribution < -0.4 is 15.2 Å². The molecule has 1 aliphatic heterocycles. The number of nitrogens with two attached hydrogens (primary N) is 1. The van der Waals surface area contributed by atoms with E-state index in [4.69, 9.17) is 43.1 Å².